The number of ether oxygens (including phenoxy) is 2. The summed E-state index contributed by atoms with van der Waals surface area (Å²) in [4.78, 5) is 76.3. The van der Waals surface area contributed by atoms with Crippen molar-refractivity contribution in [1.82, 2.24) is 16.0 Å². The number of hydrogen-bond acceptors (Lipinski definition) is 8. The van der Waals surface area contributed by atoms with Gasteiger partial charge in [0, 0.05) is 0 Å². The number of aliphatic carboxylic acids is 1. The fraction of sp³-hybridized carbons (Fsp3) is 0.351. The molecule has 3 unspecified atom stereocenters. The normalized spacial score (nSPS) is 12.7. The van der Waals surface area contributed by atoms with Gasteiger partial charge in [-0.2, -0.15) is 0 Å². The second kappa shape index (κ2) is 19.3. The second-order valence-corrected chi connectivity index (χ2v) is 12.0. The number of ketones is 1. The highest BCUT2D eigenvalue weighted by Crippen LogP contribution is 2.17. The summed E-state index contributed by atoms with van der Waals surface area (Å²) in [7, 11) is 0. The maximum Gasteiger partial charge on any atom is 0.408 e. The molecule has 3 amide bonds. The minimum absolute atomic E-state index is 0.00701. The lowest BCUT2D eigenvalue weighted by atomic mass is 9.92. The Balaban J connectivity index is 1.58. The number of esters is 1. The van der Waals surface area contributed by atoms with Crippen LogP contribution >= 0.6 is 0 Å². The number of carboxylic acids is 1. The molecule has 12 nitrogen and oxygen atoms in total. The van der Waals surface area contributed by atoms with Crippen LogP contribution in [0.1, 0.15) is 43.9 Å². The molecule has 0 aliphatic carbocycles. The van der Waals surface area contributed by atoms with E-state index in [-0.39, 0.29) is 12.5 Å². The first-order chi connectivity index (χ1) is 23.4. The number of carbonyl (C=O) groups excluding carboxylic acids is 5. The van der Waals surface area contributed by atoms with Gasteiger partial charge in [-0.15, -0.1) is 0 Å². The van der Waals surface area contributed by atoms with Gasteiger partial charge in [0.05, 0.1) is 12.3 Å². The molecule has 4 N–H and O–H groups in total. The van der Waals surface area contributed by atoms with Gasteiger partial charge in [-0.1, -0.05) is 105 Å². The van der Waals surface area contributed by atoms with E-state index in [4.69, 9.17) is 9.47 Å². The van der Waals surface area contributed by atoms with Crippen molar-refractivity contribution >= 4 is 35.6 Å². The third-order valence-electron chi connectivity index (χ3n) is 7.61. The minimum Gasteiger partial charge on any atom is -0.481 e. The van der Waals surface area contributed by atoms with E-state index in [1.54, 1.807) is 38.1 Å². The highest BCUT2D eigenvalue weighted by Gasteiger charge is 2.31. The van der Waals surface area contributed by atoms with Crippen LogP contribution in [-0.2, 0) is 52.9 Å². The Morgan fingerprint density at radius 3 is 1.65 bits per heavy atom. The molecule has 0 aromatic heterocycles. The molecule has 3 atom stereocenters. The van der Waals surface area contributed by atoms with E-state index in [0.717, 1.165) is 16.7 Å². The van der Waals surface area contributed by atoms with Crippen molar-refractivity contribution in [1.29, 1.82) is 0 Å². The summed E-state index contributed by atoms with van der Waals surface area (Å²) in [6, 6.07) is 23.8. The molecule has 49 heavy (non-hydrogen) atoms. The van der Waals surface area contributed by atoms with Gasteiger partial charge >= 0.3 is 18.0 Å². The first-order valence-corrected chi connectivity index (χ1v) is 16.0. The van der Waals surface area contributed by atoms with E-state index < -0.39 is 72.7 Å². The van der Waals surface area contributed by atoms with Crippen LogP contribution < -0.4 is 16.0 Å². The zero-order chi connectivity index (χ0) is 35.8. The Bertz CT molecular complexity index is 1510. The predicted molar refractivity (Wildman–Crippen MR) is 180 cm³/mol. The van der Waals surface area contributed by atoms with Gasteiger partial charge < -0.3 is 30.5 Å². The van der Waals surface area contributed by atoms with Crippen molar-refractivity contribution in [2.75, 3.05) is 6.61 Å². The molecule has 0 fully saturated rings. The average Bonchev–Trinajstić information content (AvgIpc) is 3.08. The largest absolute Gasteiger partial charge is 0.481 e. The fourth-order valence-electron chi connectivity index (χ4n) is 4.91. The van der Waals surface area contributed by atoms with Gasteiger partial charge in [0.2, 0.25) is 11.8 Å². The highest BCUT2D eigenvalue weighted by molar-refractivity contribution is 5.96. The molecule has 260 valence electrons. The van der Waals surface area contributed by atoms with Crippen LogP contribution in [0.3, 0.4) is 0 Å². The summed E-state index contributed by atoms with van der Waals surface area (Å²) in [6.07, 6.45) is -0.895. The number of nitrogens with one attached hydrogen (secondary N) is 3. The van der Waals surface area contributed by atoms with Crippen LogP contribution in [0.5, 0.6) is 0 Å². The summed E-state index contributed by atoms with van der Waals surface area (Å²) >= 11 is 0. The molecular weight excluding hydrogens is 630 g/mol. The lowest BCUT2D eigenvalue weighted by Gasteiger charge is -2.24. The number of alkyl carbamates (subject to hydrolysis) is 1. The van der Waals surface area contributed by atoms with Crippen LogP contribution in [0.15, 0.2) is 91.0 Å². The van der Waals surface area contributed by atoms with Crippen LogP contribution in [0.4, 0.5) is 4.79 Å². The SMILES string of the molecule is CC(NC(=O)C(NC(=O)OCc1ccccc1)C(C)C)C(=O)NC(CC(=O)O)C(=O)COC(=O)C(Cc1ccccc1)Cc1ccccc1. The Kier molecular flexibility index (Phi) is 15.0. The molecule has 0 heterocycles. The monoisotopic (exact) mass is 673 g/mol. The number of Topliss-reactive ketones (excluding diaryl/α,β-unsaturated/α-hetero) is 1. The first kappa shape index (κ1) is 37.9. The molecule has 0 aliphatic heterocycles. The van der Waals surface area contributed by atoms with E-state index in [2.05, 4.69) is 16.0 Å². The van der Waals surface area contributed by atoms with Crippen molar-refractivity contribution in [3.05, 3.63) is 108 Å². The zero-order valence-corrected chi connectivity index (χ0v) is 27.8. The maximum absolute atomic E-state index is 13.2. The van der Waals surface area contributed by atoms with Crippen molar-refractivity contribution in [3.8, 4) is 0 Å². The van der Waals surface area contributed by atoms with Gasteiger partial charge in [0.1, 0.15) is 24.7 Å². The van der Waals surface area contributed by atoms with Gasteiger partial charge in [-0.25, -0.2) is 4.79 Å². The third-order valence-corrected chi connectivity index (χ3v) is 7.61. The molecule has 12 heteroatoms. The van der Waals surface area contributed by atoms with Gasteiger partial charge in [0.25, 0.3) is 0 Å². The van der Waals surface area contributed by atoms with Crippen LogP contribution in [-0.4, -0.2) is 65.5 Å². The topological polar surface area (TPSA) is 177 Å². The quantitative estimate of drug-likeness (QED) is 0.147. The van der Waals surface area contributed by atoms with Crippen molar-refractivity contribution in [3.63, 3.8) is 0 Å². The van der Waals surface area contributed by atoms with Crippen LogP contribution in [0.2, 0.25) is 0 Å². The molecule has 0 spiro atoms. The Morgan fingerprint density at radius 1 is 0.653 bits per heavy atom. The fourth-order valence-corrected chi connectivity index (χ4v) is 4.91. The van der Waals surface area contributed by atoms with Crippen molar-refractivity contribution < 1.29 is 43.3 Å². The van der Waals surface area contributed by atoms with Crippen molar-refractivity contribution in [2.45, 2.75) is 64.8 Å². The minimum atomic E-state index is -1.54. The smallest absolute Gasteiger partial charge is 0.408 e. The van der Waals surface area contributed by atoms with E-state index in [9.17, 15) is 33.9 Å². The number of carboxylic acid groups (broad SMARTS) is 1. The standard InChI is InChI=1S/C37H43N3O9/c1-24(2)33(40-37(47)49-22-28-17-11-6-12-18-28)35(45)38-25(3)34(44)39-30(21-32(42)43)31(41)23-48-36(46)29(19-26-13-7-4-8-14-26)20-27-15-9-5-10-16-27/h4-18,24-25,29-30,33H,19-23H2,1-3H3,(H,38,45)(H,39,44)(H,40,47)(H,42,43). The first-order valence-electron chi connectivity index (χ1n) is 16.0. The lowest BCUT2D eigenvalue weighted by Crippen LogP contribution is -2.56. The molecule has 3 aromatic carbocycles. The number of hydrogen-bond donors (Lipinski definition) is 4. The van der Waals surface area contributed by atoms with Gasteiger partial charge in [-0.3, -0.25) is 24.0 Å². The van der Waals surface area contributed by atoms with Crippen LogP contribution in [0.25, 0.3) is 0 Å². The summed E-state index contributed by atoms with van der Waals surface area (Å²) < 4.78 is 10.6. The van der Waals surface area contributed by atoms with Gasteiger partial charge in [-0.05, 0) is 42.4 Å². The second-order valence-electron chi connectivity index (χ2n) is 12.0. The van der Waals surface area contributed by atoms with Gasteiger partial charge in [0.15, 0.2) is 12.4 Å². The molecule has 3 rings (SSSR count). The van der Waals surface area contributed by atoms with Crippen molar-refractivity contribution in [2.24, 2.45) is 11.8 Å². The summed E-state index contributed by atoms with van der Waals surface area (Å²) in [5.74, 6) is -5.39. The molecule has 0 saturated carbocycles. The Morgan fingerprint density at radius 2 is 1.16 bits per heavy atom. The molecule has 0 bridgehead atoms. The molecule has 0 saturated heterocycles. The summed E-state index contributed by atoms with van der Waals surface area (Å²) in [5.41, 5.74) is 2.56. The number of carbonyl (C=O) groups is 6. The molecule has 3 aromatic rings. The van der Waals surface area contributed by atoms with Crippen LogP contribution in [0, 0.1) is 11.8 Å². The molecule has 0 aliphatic rings. The Hall–Kier alpha value is -5.52. The average molecular weight is 674 g/mol. The summed E-state index contributed by atoms with van der Waals surface area (Å²) in [5, 5.41) is 16.8. The lowest BCUT2D eigenvalue weighted by molar-refractivity contribution is -0.153. The summed E-state index contributed by atoms with van der Waals surface area (Å²) in [6.45, 7) is 3.97. The molecule has 0 radical (unpaired) electrons. The number of benzene rings is 3. The van der Waals surface area contributed by atoms with E-state index >= 15 is 0 Å². The Labute approximate surface area is 285 Å². The zero-order valence-electron chi connectivity index (χ0n) is 27.8. The predicted octanol–water partition coefficient (Wildman–Crippen LogP) is 3.62. The van der Waals surface area contributed by atoms with E-state index in [1.165, 1.54) is 6.92 Å². The highest BCUT2D eigenvalue weighted by atomic mass is 16.5. The number of amides is 3. The van der Waals surface area contributed by atoms with E-state index in [1.807, 2.05) is 66.7 Å². The maximum atomic E-state index is 13.2. The number of rotatable bonds is 18. The van der Waals surface area contributed by atoms with E-state index in [0.29, 0.717) is 12.8 Å². The third kappa shape index (κ3) is 13.3. The molecular formula is C37H43N3O9.